The standard InChI is InChI=1S/C25H31NO3S/c1-18-12-14-22(15-13-18)30(28,29)26-17-21-10-6-7-11-23(21)19(2)24(26)16-25(27)20-8-4-3-5-9-20/h3-5,8-9,12-15,19,21,23-24H,6-7,10-11,16-17H2,1-2H3/t19-,21+,23-,24-/m1/s1. The predicted octanol–water partition coefficient (Wildman–Crippen LogP) is 5.08. The first-order valence-electron chi connectivity index (χ1n) is 11.0. The molecular formula is C25H31NO3S. The van der Waals surface area contributed by atoms with Gasteiger partial charge < -0.3 is 0 Å². The lowest BCUT2D eigenvalue weighted by atomic mass is 9.67. The molecular weight excluding hydrogens is 394 g/mol. The molecule has 0 bridgehead atoms. The predicted molar refractivity (Wildman–Crippen MR) is 119 cm³/mol. The number of aryl methyl sites for hydroxylation is 1. The van der Waals surface area contributed by atoms with Gasteiger partial charge in [0.15, 0.2) is 5.78 Å². The van der Waals surface area contributed by atoms with Crippen LogP contribution < -0.4 is 0 Å². The molecule has 1 saturated heterocycles. The summed E-state index contributed by atoms with van der Waals surface area (Å²) in [6.07, 6.45) is 4.82. The minimum absolute atomic E-state index is 0.0193. The van der Waals surface area contributed by atoms with Gasteiger partial charge in [-0.1, -0.05) is 67.8 Å². The van der Waals surface area contributed by atoms with Crippen molar-refractivity contribution in [2.24, 2.45) is 17.8 Å². The zero-order chi connectivity index (χ0) is 21.3. The molecule has 160 valence electrons. The van der Waals surface area contributed by atoms with E-state index in [0.717, 1.165) is 18.4 Å². The van der Waals surface area contributed by atoms with E-state index in [4.69, 9.17) is 0 Å². The van der Waals surface area contributed by atoms with Crippen molar-refractivity contribution in [3.63, 3.8) is 0 Å². The van der Waals surface area contributed by atoms with Crippen LogP contribution in [0.2, 0.25) is 0 Å². The number of hydrogen-bond acceptors (Lipinski definition) is 3. The zero-order valence-corrected chi connectivity index (χ0v) is 18.6. The van der Waals surface area contributed by atoms with Crippen molar-refractivity contribution in [2.45, 2.75) is 56.9 Å². The first kappa shape index (κ1) is 21.3. The fraction of sp³-hybridized carbons (Fsp3) is 0.480. The average molecular weight is 426 g/mol. The van der Waals surface area contributed by atoms with Crippen molar-refractivity contribution in [3.05, 3.63) is 65.7 Å². The monoisotopic (exact) mass is 425 g/mol. The van der Waals surface area contributed by atoms with E-state index >= 15 is 0 Å². The van der Waals surface area contributed by atoms with Gasteiger partial charge in [-0.15, -0.1) is 0 Å². The van der Waals surface area contributed by atoms with Crippen molar-refractivity contribution >= 4 is 15.8 Å². The van der Waals surface area contributed by atoms with Gasteiger partial charge in [0.2, 0.25) is 10.0 Å². The number of rotatable bonds is 5. The molecule has 0 aromatic heterocycles. The number of fused-ring (bicyclic) bond motifs is 1. The first-order valence-corrected chi connectivity index (χ1v) is 12.5. The van der Waals surface area contributed by atoms with E-state index in [2.05, 4.69) is 6.92 Å². The molecule has 0 spiro atoms. The highest BCUT2D eigenvalue weighted by Gasteiger charge is 2.47. The molecule has 2 aliphatic rings. The van der Waals surface area contributed by atoms with Crippen LogP contribution in [0.5, 0.6) is 0 Å². The second kappa shape index (κ2) is 8.64. The third kappa shape index (κ3) is 4.10. The van der Waals surface area contributed by atoms with Gasteiger partial charge in [0.1, 0.15) is 0 Å². The summed E-state index contributed by atoms with van der Waals surface area (Å²) in [4.78, 5) is 13.4. The van der Waals surface area contributed by atoms with Gasteiger partial charge >= 0.3 is 0 Å². The van der Waals surface area contributed by atoms with Gasteiger partial charge in [-0.2, -0.15) is 4.31 Å². The number of Topliss-reactive ketones (excluding diaryl/α,β-unsaturated/α-hetero) is 1. The number of sulfonamides is 1. The lowest BCUT2D eigenvalue weighted by Crippen LogP contribution is -2.55. The molecule has 4 rings (SSSR count). The number of piperidine rings is 1. The van der Waals surface area contributed by atoms with Crippen molar-refractivity contribution in [3.8, 4) is 0 Å². The maximum Gasteiger partial charge on any atom is 0.243 e. The smallest absolute Gasteiger partial charge is 0.243 e. The van der Waals surface area contributed by atoms with Crippen LogP contribution in [-0.2, 0) is 10.0 Å². The number of hydrogen-bond donors (Lipinski definition) is 0. The van der Waals surface area contributed by atoms with Crippen LogP contribution in [0, 0.1) is 24.7 Å². The Morgan fingerprint density at radius 3 is 2.37 bits per heavy atom. The molecule has 5 heteroatoms. The number of carbonyl (C=O) groups is 1. The molecule has 1 aliphatic heterocycles. The normalized spacial score (nSPS) is 27.4. The molecule has 4 atom stereocenters. The Labute approximate surface area is 180 Å². The highest BCUT2D eigenvalue weighted by molar-refractivity contribution is 7.89. The summed E-state index contributed by atoms with van der Waals surface area (Å²) in [7, 11) is -3.66. The van der Waals surface area contributed by atoms with Crippen molar-refractivity contribution in [1.29, 1.82) is 0 Å². The quantitative estimate of drug-likeness (QED) is 0.628. The van der Waals surface area contributed by atoms with Gasteiger partial charge in [-0.25, -0.2) is 8.42 Å². The second-order valence-electron chi connectivity index (χ2n) is 9.02. The largest absolute Gasteiger partial charge is 0.294 e. The van der Waals surface area contributed by atoms with Crippen LogP contribution >= 0.6 is 0 Å². The lowest BCUT2D eigenvalue weighted by Gasteiger charge is -2.49. The molecule has 2 aromatic rings. The van der Waals surface area contributed by atoms with Crippen molar-refractivity contribution in [1.82, 2.24) is 4.31 Å². The third-order valence-electron chi connectivity index (χ3n) is 7.15. The van der Waals surface area contributed by atoms with Crippen molar-refractivity contribution in [2.75, 3.05) is 6.54 Å². The summed E-state index contributed by atoms with van der Waals surface area (Å²) in [5.74, 6) is 1.07. The van der Waals surface area contributed by atoms with E-state index in [0.29, 0.717) is 28.8 Å². The molecule has 0 amide bonds. The van der Waals surface area contributed by atoms with E-state index in [-0.39, 0.29) is 24.2 Å². The molecule has 1 heterocycles. The topological polar surface area (TPSA) is 54.5 Å². The summed E-state index contributed by atoms with van der Waals surface area (Å²) >= 11 is 0. The second-order valence-corrected chi connectivity index (χ2v) is 10.9. The summed E-state index contributed by atoms with van der Waals surface area (Å²) in [6, 6.07) is 16.0. The molecule has 2 aromatic carbocycles. The van der Waals surface area contributed by atoms with Gasteiger partial charge in [-0.05, 0) is 49.7 Å². The Morgan fingerprint density at radius 1 is 1.00 bits per heavy atom. The fourth-order valence-electron chi connectivity index (χ4n) is 5.41. The van der Waals surface area contributed by atoms with E-state index in [1.54, 1.807) is 16.4 Å². The Morgan fingerprint density at radius 2 is 1.67 bits per heavy atom. The highest BCUT2D eigenvalue weighted by atomic mass is 32.2. The van der Waals surface area contributed by atoms with Gasteiger partial charge in [0.25, 0.3) is 0 Å². The fourth-order valence-corrected chi connectivity index (χ4v) is 7.17. The summed E-state index contributed by atoms with van der Waals surface area (Å²) in [5.41, 5.74) is 1.69. The number of benzene rings is 2. The molecule has 0 N–H and O–H groups in total. The minimum Gasteiger partial charge on any atom is -0.294 e. The Bertz CT molecular complexity index is 985. The zero-order valence-electron chi connectivity index (χ0n) is 17.8. The van der Waals surface area contributed by atoms with E-state index < -0.39 is 10.0 Å². The highest BCUT2D eigenvalue weighted by Crippen LogP contribution is 2.44. The van der Waals surface area contributed by atoms with Crippen LogP contribution in [0.4, 0.5) is 0 Å². The van der Waals surface area contributed by atoms with Crippen LogP contribution in [0.3, 0.4) is 0 Å². The third-order valence-corrected chi connectivity index (χ3v) is 9.06. The summed E-state index contributed by atoms with van der Waals surface area (Å²) < 4.78 is 29.0. The van der Waals surface area contributed by atoms with Crippen LogP contribution in [0.15, 0.2) is 59.5 Å². The molecule has 0 radical (unpaired) electrons. The molecule has 30 heavy (non-hydrogen) atoms. The lowest BCUT2D eigenvalue weighted by molar-refractivity contribution is 0.0334. The van der Waals surface area contributed by atoms with E-state index in [1.807, 2.05) is 49.4 Å². The Kier molecular flexibility index (Phi) is 6.12. The summed E-state index contributed by atoms with van der Waals surface area (Å²) in [5, 5.41) is 0. The molecule has 4 nitrogen and oxygen atoms in total. The number of carbonyl (C=O) groups excluding carboxylic acids is 1. The van der Waals surface area contributed by atoms with Gasteiger partial charge in [0, 0.05) is 24.6 Å². The van der Waals surface area contributed by atoms with Crippen LogP contribution in [-0.4, -0.2) is 31.1 Å². The van der Waals surface area contributed by atoms with E-state index in [9.17, 15) is 13.2 Å². The first-order chi connectivity index (χ1) is 14.4. The van der Waals surface area contributed by atoms with Gasteiger partial charge in [0.05, 0.1) is 4.90 Å². The van der Waals surface area contributed by atoms with Gasteiger partial charge in [-0.3, -0.25) is 4.79 Å². The Hall–Kier alpha value is -1.98. The molecule has 1 aliphatic carbocycles. The Balaban J connectivity index is 1.68. The van der Waals surface area contributed by atoms with Crippen LogP contribution in [0.25, 0.3) is 0 Å². The number of nitrogens with zero attached hydrogens (tertiary/aromatic N) is 1. The summed E-state index contributed by atoms with van der Waals surface area (Å²) in [6.45, 7) is 4.63. The molecule has 0 unspecified atom stereocenters. The number of ketones is 1. The van der Waals surface area contributed by atoms with Crippen molar-refractivity contribution < 1.29 is 13.2 Å². The average Bonchev–Trinajstić information content (AvgIpc) is 2.76. The SMILES string of the molecule is Cc1ccc(S(=O)(=O)N2C[C@@H]3CCCC[C@@H]3[C@@H](C)[C@H]2CC(=O)c2ccccc2)cc1. The van der Waals surface area contributed by atoms with Crippen LogP contribution in [0.1, 0.15) is 54.9 Å². The maximum atomic E-state index is 13.7. The maximum absolute atomic E-state index is 13.7. The minimum atomic E-state index is -3.66. The molecule has 2 fully saturated rings. The van der Waals surface area contributed by atoms with E-state index in [1.165, 1.54) is 12.8 Å². The molecule has 1 saturated carbocycles.